The van der Waals surface area contributed by atoms with Crippen LogP contribution in [0.1, 0.15) is 32.0 Å². The summed E-state index contributed by atoms with van der Waals surface area (Å²) < 4.78 is 0. The Hall–Kier alpha value is -1.56. The highest BCUT2D eigenvalue weighted by Gasteiger charge is 2.17. The highest BCUT2D eigenvalue weighted by molar-refractivity contribution is 5.58. The van der Waals surface area contributed by atoms with Crippen molar-refractivity contribution in [3.8, 4) is 6.07 Å². The van der Waals surface area contributed by atoms with Crippen LogP contribution in [-0.2, 0) is 5.41 Å². The minimum absolute atomic E-state index is 0.0126. The number of nitrogens with zero attached hydrogens (tertiary/aromatic N) is 3. The van der Waals surface area contributed by atoms with E-state index in [0.717, 1.165) is 11.4 Å². The number of rotatable bonds is 1. The van der Waals surface area contributed by atoms with Crippen LogP contribution in [0.5, 0.6) is 0 Å². The standard InChI is InChI=1S/C12H17N3/c1-12(2,3)11-6-10(15(4)5)9(7-13)8-14-11/h6,8H,1-5H3. The molecule has 0 saturated heterocycles. The van der Waals surface area contributed by atoms with Crippen molar-refractivity contribution in [2.45, 2.75) is 26.2 Å². The summed E-state index contributed by atoms with van der Waals surface area (Å²) in [7, 11) is 3.87. The number of aromatic nitrogens is 1. The van der Waals surface area contributed by atoms with Gasteiger partial charge in [-0.3, -0.25) is 4.98 Å². The van der Waals surface area contributed by atoms with Crippen LogP contribution in [0.25, 0.3) is 0 Å². The van der Waals surface area contributed by atoms with Gasteiger partial charge in [0.25, 0.3) is 0 Å². The lowest BCUT2D eigenvalue weighted by atomic mass is 9.91. The minimum atomic E-state index is 0.0126. The molecular weight excluding hydrogens is 186 g/mol. The molecule has 15 heavy (non-hydrogen) atoms. The fourth-order valence-electron chi connectivity index (χ4n) is 1.31. The average molecular weight is 203 g/mol. The number of anilines is 1. The van der Waals surface area contributed by atoms with Crippen molar-refractivity contribution in [1.29, 1.82) is 5.26 Å². The molecule has 0 aliphatic carbocycles. The second-order valence-electron chi connectivity index (χ2n) is 4.84. The van der Waals surface area contributed by atoms with Gasteiger partial charge in [0.05, 0.1) is 11.3 Å². The minimum Gasteiger partial charge on any atom is -0.376 e. The third-order valence-corrected chi connectivity index (χ3v) is 2.25. The van der Waals surface area contributed by atoms with Crippen LogP contribution in [-0.4, -0.2) is 19.1 Å². The maximum Gasteiger partial charge on any atom is 0.103 e. The van der Waals surface area contributed by atoms with E-state index in [-0.39, 0.29) is 5.41 Å². The van der Waals surface area contributed by atoms with Gasteiger partial charge in [-0.15, -0.1) is 0 Å². The maximum atomic E-state index is 8.94. The normalized spacial score (nSPS) is 10.9. The predicted octanol–water partition coefficient (Wildman–Crippen LogP) is 2.32. The molecule has 1 rings (SSSR count). The molecule has 0 fully saturated rings. The lowest BCUT2D eigenvalue weighted by molar-refractivity contribution is 0.569. The van der Waals surface area contributed by atoms with E-state index in [0.29, 0.717) is 5.56 Å². The first kappa shape index (κ1) is 11.5. The molecule has 0 N–H and O–H groups in total. The van der Waals surface area contributed by atoms with E-state index in [9.17, 15) is 0 Å². The van der Waals surface area contributed by atoms with Crippen molar-refractivity contribution in [2.24, 2.45) is 0 Å². The molecule has 3 heteroatoms. The number of hydrogen-bond donors (Lipinski definition) is 0. The van der Waals surface area contributed by atoms with Crippen molar-refractivity contribution < 1.29 is 0 Å². The Bertz CT molecular complexity index is 394. The first-order chi connectivity index (χ1) is 6.86. The second kappa shape index (κ2) is 3.90. The first-order valence-corrected chi connectivity index (χ1v) is 4.94. The van der Waals surface area contributed by atoms with Crippen molar-refractivity contribution in [1.82, 2.24) is 4.98 Å². The third-order valence-electron chi connectivity index (χ3n) is 2.25. The van der Waals surface area contributed by atoms with Crippen molar-refractivity contribution in [3.63, 3.8) is 0 Å². The lowest BCUT2D eigenvalue weighted by Crippen LogP contribution is -2.17. The monoisotopic (exact) mass is 203 g/mol. The highest BCUT2D eigenvalue weighted by Crippen LogP contribution is 2.25. The molecular formula is C12H17N3. The fraction of sp³-hybridized carbons (Fsp3) is 0.500. The van der Waals surface area contributed by atoms with E-state index in [1.165, 1.54) is 0 Å². The molecule has 0 aliphatic rings. The summed E-state index contributed by atoms with van der Waals surface area (Å²) in [5, 5.41) is 8.94. The summed E-state index contributed by atoms with van der Waals surface area (Å²) in [6.45, 7) is 6.34. The molecule has 0 spiro atoms. The highest BCUT2D eigenvalue weighted by atomic mass is 15.1. The average Bonchev–Trinajstić information content (AvgIpc) is 2.15. The largest absolute Gasteiger partial charge is 0.376 e. The Labute approximate surface area is 91.4 Å². The number of nitriles is 1. The summed E-state index contributed by atoms with van der Waals surface area (Å²) in [5.74, 6) is 0. The molecule has 1 aromatic heterocycles. The van der Waals surface area contributed by atoms with Crippen LogP contribution in [0.4, 0.5) is 5.69 Å². The first-order valence-electron chi connectivity index (χ1n) is 4.94. The van der Waals surface area contributed by atoms with Crippen molar-refractivity contribution in [2.75, 3.05) is 19.0 Å². The van der Waals surface area contributed by atoms with E-state index in [4.69, 9.17) is 5.26 Å². The molecule has 3 nitrogen and oxygen atoms in total. The van der Waals surface area contributed by atoms with E-state index >= 15 is 0 Å². The Balaban J connectivity index is 3.30. The van der Waals surface area contributed by atoms with Gasteiger partial charge in [0.2, 0.25) is 0 Å². The zero-order valence-corrected chi connectivity index (χ0v) is 10.00. The fourth-order valence-corrected chi connectivity index (χ4v) is 1.31. The van der Waals surface area contributed by atoms with Crippen LogP contribution in [0.15, 0.2) is 12.3 Å². The molecule has 0 unspecified atom stereocenters. The van der Waals surface area contributed by atoms with Gasteiger partial charge in [0.1, 0.15) is 6.07 Å². The maximum absolute atomic E-state index is 8.94. The van der Waals surface area contributed by atoms with Crippen LogP contribution >= 0.6 is 0 Å². The Morgan fingerprint density at radius 2 is 1.93 bits per heavy atom. The van der Waals surface area contributed by atoms with E-state index < -0.39 is 0 Å². The topological polar surface area (TPSA) is 39.9 Å². The molecule has 0 amide bonds. The van der Waals surface area contributed by atoms with Crippen LogP contribution in [0.3, 0.4) is 0 Å². The smallest absolute Gasteiger partial charge is 0.103 e. The molecule has 0 aromatic carbocycles. The van der Waals surface area contributed by atoms with E-state index in [1.807, 2.05) is 25.1 Å². The molecule has 1 aromatic rings. The Morgan fingerprint density at radius 3 is 2.33 bits per heavy atom. The molecule has 0 atom stereocenters. The zero-order valence-electron chi connectivity index (χ0n) is 10.00. The number of hydrogen-bond acceptors (Lipinski definition) is 3. The molecule has 0 bridgehead atoms. The lowest BCUT2D eigenvalue weighted by Gasteiger charge is -2.21. The predicted molar refractivity (Wildman–Crippen MR) is 62.0 cm³/mol. The van der Waals surface area contributed by atoms with Gasteiger partial charge in [-0.2, -0.15) is 5.26 Å². The Morgan fingerprint density at radius 1 is 1.33 bits per heavy atom. The van der Waals surface area contributed by atoms with Crippen LogP contribution in [0, 0.1) is 11.3 Å². The summed E-state index contributed by atoms with van der Waals surface area (Å²) in [6.07, 6.45) is 1.65. The van der Waals surface area contributed by atoms with Crippen LogP contribution in [0.2, 0.25) is 0 Å². The molecule has 80 valence electrons. The van der Waals surface area contributed by atoms with Gasteiger partial charge in [0.15, 0.2) is 0 Å². The second-order valence-corrected chi connectivity index (χ2v) is 4.84. The Kier molecular flexibility index (Phi) is 2.99. The molecule has 0 saturated carbocycles. The zero-order chi connectivity index (χ0) is 11.6. The quantitative estimate of drug-likeness (QED) is 0.703. The van der Waals surface area contributed by atoms with Crippen molar-refractivity contribution >= 4 is 5.69 Å². The van der Waals surface area contributed by atoms with E-state index in [2.05, 4.69) is 31.8 Å². The number of pyridine rings is 1. The van der Waals surface area contributed by atoms with Crippen LogP contribution < -0.4 is 4.90 Å². The SMILES string of the molecule is CN(C)c1cc(C(C)(C)C)ncc1C#N. The summed E-state index contributed by atoms with van der Waals surface area (Å²) >= 11 is 0. The van der Waals surface area contributed by atoms with Gasteiger partial charge in [-0.1, -0.05) is 20.8 Å². The molecule has 0 radical (unpaired) electrons. The van der Waals surface area contributed by atoms with Crippen molar-refractivity contribution in [3.05, 3.63) is 23.5 Å². The summed E-state index contributed by atoms with van der Waals surface area (Å²) in [5.41, 5.74) is 2.56. The molecule has 0 aliphatic heterocycles. The van der Waals surface area contributed by atoms with E-state index in [1.54, 1.807) is 6.20 Å². The third kappa shape index (κ3) is 2.47. The molecule has 1 heterocycles. The summed E-state index contributed by atoms with van der Waals surface area (Å²) in [4.78, 5) is 6.25. The van der Waals surface area contributed by atoms with Gasteiger partial charge in [-0.05, 0) is 6.07 Å². The van der Waals surface area contributed by atoms with Gasteiger partial charge < -0.3 is 4.90 Å². The van der Waals surface area contributed by atoms with Gasteiger partial charge >= 0.3 is 0 Å². The van der Waals surface area contributed by atoms with Gasteiger partial charge in [0, 0.05) is 31.4 Å². The summed E-state index contributed by atoms with van der Waals surface area (Å²) in [6, 6.07) is 4.14. The van der Waals surface area contributed by atoms with Gasteiger partial charge in [-0.25, -0.2) is 0 Å².